The summed E-state index contributed by atoms with van der Waals surface area (Å²) in [5.41, 5.74) is 0. The van der Waals surface area contributed by atoms with Crippen LogP contribution in [0.1, 0.15) is 33.1 Å². The molecule has 1 atom stereocenters. The number of likely N-dealkylation sites (tertiary alicyclic amines) is 1. The highest BCUT2D eigenvalue weighted by Crippen LogP contribution is 2.24. The van der Waals surface area contributed by atoms with E-state index in [9.17, 15) is 4.79 Å². The second kappa shape index (κ2) is 6.53. The van der Waals surface area contributed by atoms with Crippen molar-refractivity contribution in [2.75, 3.05) is 39.4 Å². The lowest BCUT2D eigenvalue weighted by Gasteiger charge is -2.31. The van der Waals surface area contributed by atoms with E-state index in [2.05, 4.69) is 23.6 Å². The van der Waals surface area contributed by atoms with Crippen LogP contribution in [0, 0.1) is 5.92 Å². The molecule has 0 aliphatic carbocycles. The molecule has 0 aromatic carbocycles. The normalized spacial score (nSPS) is 26.3. The zero-order valence-corrected chi connectivity index (χ0v) is 11.7. The molecule has 4 heteroatoms. The van der Waals surface area contributed by atoms with Gasteiger partial charge in [-0.05, 0) is 18.8 Å². The smallest absolute Gasteiger partial charge is 0.222 e. The standard InChI is InChI=1S/C14H26N2O2/c1-12(2)11-13-3-4-14(17)16(13)6-5-15-7-9-18-10-8-15/h12-13H,3-11H2,1-2H3. The highest BCUT2D eigenvalue weighted by Gasteiger charge is 2.31. The quantitative estimate of drug-likeness (QED) is 0.742. The first-order chi connectivity index (χ1) is 8.66. The summed E-state index contributed by atoms with van der Waals surface area (Å²) in [5, 5.41) is 0. The lowest BCUT2D eigenvalue weighted by molar-refractivity contribution is -0.129. The Morgan fingerprint density at radius 2 is 2.00 bits per heavy atom. The number of carbonyl (C=O) groups excluding carboxylic acids is 1. The molecule has 2 aliphatic heterocycles. The number of rotatable bonds is 5. The third kappa shape index (κ3) is 3.69. The van der Waals surface area contributed by atoms with Crippen LogP contribution < -0.4 is 0 Å². The molecule has 1 amide bonds. The Balaban J connectivity index is 1.79. The fourth-order valence-corrected chi connectivity index (χ4v) is 2.96. The summed E-state index contributed by atoms with van der Waals surface area (Å²) in [4.78, 5) is 16.4. The Bertz CT molecular complexity index is 275. The highest BCUT2D eigenvalue weighted by molar-refractivity contribution is 5.78. The lowest BCUT2D eigenvalue weighted by atomic mass is 10.0. The minimum absolute atomic E-state index is 0.355. The summed E-state index contributed by atoms with van der Waals surface area (Å²) in [6, 6.07) is 0.485. The van der Waals surface area contributed by atoms with Gasteiger partial charge in [0, 0.05) is 38.6 Å². The Hall–Kier alpha value is -0.610. The van der Waals surface area contributed by atoms with E-state index in [4.69, 9.17) is 4.74 Å². The van der Waals surface area contributed by atoms with E-state index < -0.39 is 0 Å². The molecular formula is C14H26N2O2. The van der Waals surface area contributed by atoms with E-state index in [1.165, 1.54) is 0 Å². The van der Waals surface area contributed by atoms with Crippen molar-refractivity contribution in [3.05, 3.63) is 0 Å². The van der Waals surface area contributed by atoms with Gasteiger partial charge in [0.15, 0.2) is 0 Å². The van der Waals surface area contributed by atoms with E-state index in [0.29, 0.717) is 17.9 Å². The Kier molecular flexibility index (Phi) is 5.01. The molecule has 0 aromatic heterocycles. The molecule has 0 saturated carbocycles. The second-order valence-corrected chi connectivity index (χ2v) is 5.86. The monoisotopic (exact) mass is 254 g/mol. The fourth-order valence-electron chi connectivity index (χ4n) is 2.96. The average Bonchev–Trinajstić information content (AvgIpc) is 2.68. The topological polar surface area (TPSA) is 32.8 Å². The summed E-state index contributed by atoms with van der Waals surface area (Å²) in [7, 11) is 0. The number of hydrogen-bond donors (Lipinski definition) is 0. The fraction of sp³-hybridized carbons (Fsp3) is 0.929. The summed E-state index contributed by atoms with van der Waals surface area (Å²) in [5.74, 6) is 1.03. The second-order valence-electron chi connectivity index (χ2n) is 5.86. The van der Waals surface area contributed by atoms with Crippen LogP contribution >= 0.6 is 0 Å². The molecule has 0 N–H and O–H groups in total. The number of amides is 1. The van der Waals surface area contributed by atoms with Gasteiger partial charge in [-0.25, -0.2) is 0 Å². The van der Waals surface area contributed by atoms with Crippen molar-refractivity contribution in [2.45, 2.75) is 39.2 Å². The van der Waals surface area contributed by atoms with Crippen LogP contribution in [-0.2, 0) is 9.53 Å². The van der Waals surface area contributed by atoms with Crippen LogP contribution in [0.15, 0.2) is 0 Å². The van der Waals surface area contributed by atoms with Gasteiger partial charge >= 0.3 is 0 Å². The van der Waals surface area contributed by atoms with Crippen LogP contribution in [-0.4, -0.2) is 61.1 Å². The molecule has 18 heavy (non-hydrogen) atoms. The van der Waals surface area contributed by atoms with Gasteiger partial charge in [-0.3, -0.25) is 9.69 Å². The first-order valence-electron chi connectivity index (χ1n) is 7.26. The van der Waals surface area contributed by atoms with Gasteiger partial charge in [-0.1, -0.05) is 13.8 Å². The van der Waals surface area contributed by atoms with Gasteiger partial charge in [0.05, 0.1) is 13.2 Å². The summed E-state index contributed by atoms with van der Waals surface area (Å²) < 4.78 is 5.34. The van der Waals surface area contributed by atoms with Crippen molar-refractivity contribution in [3.8, 4) is 0 Å². The third-order valence-corrected chi connectivity index (χ3v) is 3.96. The molecule has 2 saturated heterocycles. The maximum Gasteiger partial charge on any atom is 0.222 e. The number of hydrogen-bond acceptors (Lipinski definition) is 3. The van der Waals surface area contributed by atoms with E-state index in [0.717, 1.165) is 58.7 Å². The van der Waals surface area contributed by atoms with Crippen LogP contribution in [0.4, 0.5) is 0 Å². The van der Waals surface area contributed by atoms with Gasteiger partial charge < -0.3 is 9.64 Å². The Morgan fingerprint density at radius 3 is 2.67 bits per heavy atom. The zero-order valence-electron chi connectivity index (χ0n) is 11.7. The first kappa shape index (κ1) is 13.8. The molecule has 104 valence electrons. The van der Waals surface area contributed by atoms with Crippen LogP contribution in [0.5, 0.6) is 0 Å². The average molecular weight is 254 g/mol. The third-order valence-electron chi connectivity index (χ3n) is 3.96. The molecule has 0 aromatic rings. The van der Waals surface area contributed by atoms with Crippen molar-refractivity contribution < 1.29 is 9.53 Å². The van der Waals surface area contributed by atoms with Crippen LogP contribution in [0.2, 0.25) is 0 Å². The predicted molar refractivity (Wildman–Crippen MR) is 71.4 cm³/mol. The van der Waals surface area contributed by atoms with E-state index in [-0.39, 0.29) is 0 Å². The summed E-state index contributed by atoms with van der Waals surface area (Å²) in [6.45, 7) is 10.1. The molecular weight excluding hydrogens is 228 g/mol. The molecule has 2 fully saturated rings. The van der Waals surface area contributed by atoms with E-state index in [1.807, 2.05) is 0 Å². The number of ether oxygens (including phenoxy) is 1. The van der Waals surface area contributed by atoms with Crippen molar-refractivity contribution in [1.82, 2.24) is 9.80 Å². The van der Waals surface area contributed by atoms with Crippen LogP contribution in [0.25, 0.3) is 0 Å². The maximum atomic E-state index is 11.9. The van der Waals surface area contributed by atoms with Crippen molar-refractivity contribution >= 4 is 5.91 Å². The molecule has 4 nitrogen and oxygen atoms in total. The van der Waals surface area contributed by atoms with Gasteiger partial charge in [-0.15, -0.1) is 0 Å². The summed E-state index contributed by atoms with van der Waals surface area (Å²) in [6.07, 6.45) is 2.95. The van der Waals surface area contributed by atoms with E-state index in [1.54, 1.807) is 0 Å². The maximum absolute atomic E-state index is 11.9. The Morgan fingerprint density at radius 1 is 1.28 bits per heavy atom. The molecule has 2 rings (SSSR count). The number of morpholine rings is 1. The van der Waals surface area contributed by atoms with Crippen LogP contribution in [0.3, 0.4) is 0 Å². The molecule has 0 bridgehead atoms. The first-order valence-corrected chi connectivity index (χ1v) is 7.26. The largest absolute Gasteiger partial charge is 0.379 e. The molecule has 2 aliphatic rings. The minimum atomic E-state index is 0.355. The molecule has 2 heterocycles. The number of nitrogens with zero attached hydrogens (tertiary/aromatic N) is 2. The molecule has 0 radical (unpaired) electrons. The minimum Gasteiger partial charge on any atom is -0.379 e. The predicted octanol–water partition coefficient (Wildman–Crippen LogP) is 1.36. The van der Waals surface area contributed by atoms with Gasteiger partial charge in [-0.2, -0.15) is 0 Å². The van der Waals surface area contributed by atoms with Crippen molar-refractivity contribution in [1.29, 1.82) is 0 Å². The van der Waals surface area contributed by atoms with Crippen molar-refractivity contribution in [2.24, 2.45) is 5.92 Å². The summed E-state index contributed by atoms with van der Waals surface area (Å²) >= 11 is 0. The Labute approximate surface area is 110 Å². The van der Waals surface area contributed by atoms with E-state index >= 15 is 0 Å². The molecule has 0 spiro atoms. The van der Waals surface area contributed by atoms with Gasteiger partial charge in [0.25, 0.3) is 0 Å². The van der Waals surface area contributed by atoms with Gasteiger partial charge in [0.1, 0.15) is 0 Å². The zero-order chi connectivity index (χ0) is 13.0. The van der Waals surface area contributed by atoms with Crippen molar-refractivity contribution in [3.63, 3.8) is 0 Å². The lowest BCUT2D eigenvalue weighted by Crippen LogP contribution is -2.44. The highest BCUT2D eigenvalue weighted by atomic mass is 16.5. The van der Waals surface area contributed by atoms with Gasteiger partial charge in [0.2, 0.25) is 5.91 Å². The molecule has 1 unspecified atom stereocenters. The number of carbonyl (C=O) groups is 1. The SMILES string of the molecule is CC(C)CC1CCC(=O)N1CCN1CCOCC1.